The second kappa shape index (κ2) is 8.11. The predicted octanol–water partition coefficient (Wildman–Crippen LogP) is 2.88. The minimum absolute atomic E-state index is 0.0294. The number of hydrogen-bond acceptors (Lipinski definition) is 4. The van der Waals surface area contributed by atoms with Gasteiger partial charge in [-0.25, -0.2) is 0 Å². The van der Waals surface area contributed by atoms with Crippen molar-refractivity contribution in [3.8, 4) is 11.3 Å². The largest absolute Gasteiger partial charge is 0.451 e. The number of halogens is 2. The van der Waals surface area contributed by atoms with Crippen LogP contribution in [0.4, 0.5) is 0 Å². The number of carbonyl (C=O) groups excluding carboxylic acids is 2. The Kier molecular flexibility index (Phi) is 5.63. The van der Waals surface area contributed by atoms with Gasteiger partial charge >= 0.3 is 5.91 Å². The van der Waals surface area contributed by atoms with Crippen LogP contribution in [0.5, 0.6) is 0 Å². The Balaban J connectivity index is 1.63. The van der Waals surface area contributed by atoms with Gasteiger partial charge < -0.3 is 8.98 Å². The summed E-state index contributed by atoms with van der Waals surface area (Å²) in [6.07, 6.45) is 1.47. The predicted molar refractivity (Wildman–Crippen MR) is 100 cm³/mol. The number of pyridine rings is 1. The van der Waals surface area contributed by atoms with Crippen molar-refractivity contribution in [3.05, 3.63) is 80.9 Å². The van der Waals surface area contributed by atoms with Crippen molar-refractivity contribution < 1.29 is 14.0 Å². The number of hydrogen-bond donors (Lipinski definition) is 2. The second-order valence-corrected chi connectivity index (χ2v) is 6.30. The highest BCUT2D eigenvalue weighted by molar-refractivity contribution is 6.35. The highest BCUT2D eigenvalue weighted by atomic mass is 35.5. The smallest absolute Gasteiger partial charge is 0.305 e. The molecule has 9 heteroatoms. The normalized spacial score (nSPS) is 10.4. The molecule has 2 N–H and O–H groups in total. The molecular weight excluding hydrogens is 393 g/mol. The molecule has 0 aliphatic rings. The lowest BCUT2D eigenvalue weighted by atomic mass is 10.2. The zero-order valence-electron chi connectivity index (χ0n) is 13.7. The van der Waals surface area contributed by atoms with E-state index < -0.39 is 11.8 Å². The number of nitrogens with one attached hydrogen (secondary N) is 2. The Labute approximate surface area is 163 Å². The summed E-state index contributed by atoms with van der Waals surface area (Å²) >= 11 is 12.1. The molecule has 0 saturated carbocycles. The molecule has 3 rings (SSSR count). The summed E-state index contributed by atoms with van der Waals surface area (Å²) in [7, 11) is 0. The highest BCUT2D eigenvalue weighted by Gasteiger charge is 2.15. The first-order valence-electron chi connectivity index (χ1n) is 7.74. The SMILES string of the molecule is O=C(Cn1ccccc1=O)NNC(=O)c1ccc(-c2cc(Cl)ccc2Cl)o1. The van der Waals surface area contributed by atoms with Crippen LogP contribution in [0.1, 0.15) is 10.6 Å². The molecule has 0 atom stereocenters. The molecule has 0 bridgehead atoms. The van der Waals surface area contributed by atoms with Crippen molar-refractivity contribution in [2.45, 2.75) is 6.54 Å². The van der Waals surface area contributed by atoms with E-state index in [1.165, 1.54) is 22.9 Å². The Bertz CT molecular complexity index is 1060. The number of rotatable bonds is 4. The summed E-state index contributed by atoms with van der Waals surface area (Å²) in [6, 6.07) is 12.4. The Morgan fingerprint density at radius 2 is 1.85 bits per heavy atom. The first-order chi connectivity index (χ1) is 12.9. The summed E-state index contributed by atoms with van der Waals surface area (Å²) in [6.45, 7) is -0.235. The topological polar surface area (TPSA) is 93.3 Å². The molecule has 0 unspecified atom stereocenters. The fraction of sp³-hybridized carbons (Fsp3) is 0.0556. The number of hydrazine groups is 1. The van der Waals surface area contributed by atoms with Crippen LogP contribution in [0.2, 0.25) is 10.0 Å². The van der Waals surface area contributed by atoms with Gasteiger partial charge in [-0.3, -0.25) is 25.2 Å². The fourth-order valence-electron chi connectivity index (χ4n) is 2.26. The molecule has 0 spiro atoms. The van der Waals surface area contributed by atoms with Gasteiger partial charge in [-0.2, -0.15) is 0 Å². The molecule has 2 heterocycles. The van der Waals surface area contributed by atoms with Crippen LogP contribution in [-0.2, 0) is 11.3 Å². The van der Waals surface area contributed by atoms with Gasteiger partial charge in [0.1, 0.15) is 12.3 Å². The van der Waals surface area contributed by atoms with Crippen LogP contribution in [0, 0.1) is 0 Å². The van der Waals surface area contributed by atoms with Gasteiger partial charge in [0, 0.05) is 22.8 Å². The molecule has 3 aromatic rings. The second-order valence-electron chi connectivity index (χ2n) is 5.46. The minimum atomic E-state index is -0.659. The maximum absolute atomic E-state index is 12.1. The summed E-state index contributed by atoms with van der Waals surface area (Å²) < 4.78 is 6.68. The molecule has 0 saturated heterocycles. The number of nitrogens with zero attached hydrogens (tertiary/aromatic N) is 1. The summed E-state index contributed by atoms with van der Waals surface area (Å²) in [5.74, 6) is -0.900. The minimum Gasteiger partial charge on any atom is -0.451 e. The van der Waals surface area contributed by atoms with E-state index in [4.69, 9.17) is 27.6 Å². The molecule has 0 fully saturated rings. The van der Waals surface area contributed by atoms with Gasteiger partial charge in [-0.15, -0.1) is 0 Å². The van der Waals surface area contributed by atoms with E-state index in [2.05, 4.69) is 10.9 Å². The fourth-order valence-corrected chi connectivity index (χ4v) is 2.65. The van der Waals surface area contributed by atoms with Gasteiger partial charge in [0.2, 0.25) is 0 Å². The van der Waals surface area contributed by atoms with E-state index in [0.29, 0.717) is 21.4 Å². The van der Waals surface area contributed by atoms with E-state index in [9.17, 15) is 14.4 Å². The zero-order valence-corrected chi connectivity index (χ0v) is 15.3. The van der Waals surface area contributed by atoms with Gasteiger partial charge in [0.25, 0.3) is 11.5 Å². The number of aromatic nitrogens is 1. The molecule has 2 amide bonds. The maximum Gasteiger partial charge on any atom is 0.305 e. The molecule has 0 aliphatic carbocycles. The van der Waals surface area contributed by atoms with Crippen LogP contribution in [-0.4, -0.2) is 16.4 Å². The molecule has 1 aromatic carbocycles. The number of amides is 2. The lowest BCUT2D eigenvalue weighted by Gasteiger charge is -2.07. The molecule has 0 aliphatic heterocycles. The van der Waals surface area contributed by atoms with E-state index in [1.807, 2.05) is 0 Å². The third-order valence-electron chi connectivity index (χ3n) is 3.55. The Morgan fingerprint density at radius 3 is 2.63 bits per heavy atom. The standard InChI is InChI=1S/C18H13Cl2N3O4/c19-11-4-5-13(20)12(9-11)14-6-7-15(27-14)18(26)22-21-16(24)10-23-8-2-1-3-17(23)25/h1-9H,10H2,(H,21,24)(H,22,26). The highest BCUT2D eigenvalue weighted by Crippen LogP contribution is 2.31. The quantitative estimate of drug-likeness (QED) is 0.652. The van der Waals surface area contributed by atoms with Crippen molar-refractivity contribution in [1.82, 2.24) is 15.4 Å². The van der Waals surface area contributed by atoms with Gasteiger partial charge in [-0.05, 0) is 36.4 Å². The summed E-state index contributed by atoms with van der Waals surface area (Å²) in [4.78, 5) is 35.5. The van der Waals surface area contributed by atoms with E-state index in [0.717, 1.165) is 0 Å². The van der Waals surface area contributed by atoms with Crippen LogP contribution in [0.15, 0.2) is 63.9 Å². The van der Waals surface area contributed by atoms with E-state index in [-0.39, 0.29) is 17.9 Å². The lowest BCUT2D eigenvalue weighted by molar-refractivity contribution is -0.122. The molecule has 2 aromatic heterocycles. The van der Waals surface area contributed by atoms with E-state index in [1.54, 1.807) is 36.4 Å². The van der Waals surface area contributed by atoms with Crippen molar-refractivity contribution in [2.75, 3.05) is 0 Å². The van der Waals surface area contributed by atoms with Gasteiger partial charge in [0.05, 0.1) is 5.02 Å². The molecule has 0 radical (unpaired) electrons. The number of benzene rings is 1. The zero-order chi connectivity index (χ0) is 19.4. The van der Waals surface area contributed by atoms with Gasteiger partial charge in [-0.1, -0.05) is 29.3 Å². The maximum atomic E-state index is 12.1. The van der Waals surface area contributed by atoms with Crippen LogP contribution >= 0.6 is 23.2 Å². The number of furan rings is 1. The Hall–Kier alpha value is -3.03. The van der Waals surface area contributed by atoms with Gasteiger partial charge in [0.15, 0.2) is 5.76 Å². The third kappa shape index (κ3) is 4.58. The van der Waals surface area contributed by atoms with Crippen molar-refractivity contribution in [3.63, 3.8) is 0 Å². The first kappa shape index (κ1) is 18.8. The van der Waals surface area contributed by atoms with Crippen molar-refractivity contribution in [2.24, 2.45) is 0 Å². The lowest BCUT2D eigenvalue weighted by Crippen LogP contribution is -2.44. The average Bonchev–Trinajstić information content (AvgIpc) is 3.13. The molecular formula is C18H13Cl2N3O4. The molecule has 138 valence electrons. The Morgan fingerprint density at radius 1 is 1.04 bits per heavy atom. The van der Waals surface area contributed by atoms with Crippen LogP contribution in [0.25, 0.3) is 11.3 Å². The summed E-state index contributed by atoms with van der Waals surface area (Å²) in [5, 5.41) is 0.891. The third-order valence-corrected chi connectivity index (χ3v) is 4.12. The van der Waals surface area contributed by atoms with Crippen molar-refractivity contribution in [1.29, 1.82) is 0 Å². The first-order valence-corrected chi connectivity index (χ1v) is 8.49. The van der Waals surface area contributed by atoms with Crippen LogP contribution < -0.4 is 16.4 Å². The summed E-state index contributed by atoms with van der Waals surface area (Å²) in [5.41, 5.74) is 4.66. The monoisotopic (exact) mass is 405 g/mol. The van der Waals surface area contributed by atoms with Crippen LogP contribution in [0.3, 0.4) is 0 Å². The molecule has 27 heavy (non-hydrogen) atoms. The average molecular weight is 406 g/mol. The van der Waals surface area contributed by atoms with Crippen molar-refractivity contribution >= 4 is 35.0 Å². The molecule has 7 nitrogen and oxygen atoms in total. The van der Waals surface area contributed by atoms with E-state index >= 15 is 0 Å². The number of carbonyl (C=O) groups is 2.